The molecule has 0 saturated heterocycles. The van der Waals surface area contributed by atoms with Crippen LogP contribution in [0.2, 0.25) is 0 Å². The monoisotopic (exact) mass is 359 g/mol. The second-order valence-corrected chi connectivity index (χ2v) is 6.94. The average molecular weight is 359 g/mol. The Bertz CT molecular complexity index is 766. The lowest BCUT2D eigenvalue weighted by Gasteiger charge is -2.27. The average Bonchev–Trinajstić information content (AvgIpc) is 3.08. The van der Waals surface area contributed by atoms with Crippen molar-refractivity contribution in [3.63, 3.8) is 0 Å². The zero-order valence-electron chi connectivity index (χ0n) is 14.7. The molecule has 2 aromatic rings. The molecule has 8 heteroatoms. The van der Waals surface area contributed by atoms with E-state index in [-0.39, 0.29) is 17.6 Å². The highest BCUT2D eigenvalue weighted by Gasteiger charge is 2.29. The second-order valence-electron chi connectivity index (χ2n) is 6.00. The SMILES string of the molecule is COc1ccc(-c2nc(SCC(=O)N[C@@](C)(C#N)C(C)C)n[nH]2)cc1. The molecule has 132 valence electrons. The van der Waals surface area contributed by atoms with Gasteiger partial charge in [0.1, 0.15) is 11.3 Å². The van der Waals surface area contributed by atoms with E-state index in [0.717, 1.165) is 11.3 Å². The largest absolute Gasteiger partial charge is 0.497 e. The fraction of sp³-hybridized carbons (Fsp3) is 0.412. The third kappa shape index (κ3) is 4.73. The summed E-state index contributed by atoms with van der Waals surface area (Å²) in [6.07, 6.45) is 0. The Hall–Kier alpha value is -2.53. The quantitative estimate of drug-likeness (QED) is 0.737. The molecule has 0 spiro atoms. The van der Waals surface area contributed by atoms with Crippen molar-refractivity contribution in [1.29, 1.82) is 5.26 Å². The zero-order valence-corrected chi connectivity index (χ0v) is 15.5. The van der Waals surface area contributed by atoms with Crippen molar-refractivity contribution in [3.8, 4) is 23.2 Å². The fourth-order valence-electron chi connectivity index (χ4n) is 1.95. The van der Waals surface area contributed by atoms with Crippen LogP contribution in [0.25, 0.3) is 11.4 Å². The van der Waals surface area contributed by atoms with Crippen LogP contribution in [0.15, 0.2) is 29.4 Å². The molecule has 0 fully saturated rings. The van der Waals surface area contributed by atoms with E-state index >= 15 is 0 Å². The number of amides is 1. The molecule has 0 aliphatic carbocycles. The van der Waals surface area contributed by atoms with Crippen LogP contribution in [-0.4, -0.2) is 39.5 Å². The van der Waals surface area contributed by atoms with Crippen LogP contribution in [0.4, 0.5) is 0 Å². The minimum absolute atomic E-state index is 0.0108. The van der Waals surface area contributed by atoms with Crippen molar-refractivity contribution in [2.24, 2.45) is 5.92 Å². The maximum absolute atomic E-state index is 12.1. The van der Waals surface area contributed by atoms with E-state index in [2.05, 4.69) is 26.6 Å². The Kier molecular flexibility index (Phi) is 6.04. The number of ether oxygens (including phenoxy) is 1. The molecule has 1 aromatic heterocycles. The number of carbonyl (C=O) groups is 1. The van der Waals surface area contributed by atoms with E-state index in [1.165, 1.54) is 11.8 Å². The molecule has 1 atom stereocenters. The molecule has 25 heavy (non-hydrogen) atoms. The van der Waals surface area contributed by atoms with Gasteiger partial charge in [-0.15, -0.1) is 5.10 Å². The van der Waals surface area contributed by atoms with Gasteiger partial charge in [-0.2, -0.15) is 5.26 Å². The molecule has 0 radical (unpaired) electrons. The predicted octanol–water partition coefficient (Wildman–Crippen LogP) is 2.63. The van der Waals surface area contributed by atoms with E-state index in [1.807, 2.05) is 38.1 Å². The molecule has 0 bridgehead atoms. The van der Waals surface area contributed by atoms with Crippen molar-refractivity contribution in [2.45, 2.75) is 31.5 Å². The molecule has 0 unspecified atom stereocenters. The molecule has 0 aliphatic rings. The van der Waals surface area contributed by atoms with Gasteiger partial charge in [0, 0.05) is 5.56 Å². The maximum atomic E-state index is 12.1. The molecule has 1 heterocycles. The molecular formula is C17H21N5O2S. The van der Waals surface area contributed by atoms with Crippen LogP contribution >= 0.6 is 11.8 Å². The molecule has 2 N–H and O–H groups in total. The number of carbonyl (C=O) groups excluding carboxylic acids is 1. The minimum atomic E-state index is -0.884. The van der Waals surface area contributed by atoms with E-state index in [9.17, 15) is 10.1 Å². The number of nitrogens with zero attached hydrogens (tertiary/aromatic N) is 3. The maximum Gasteiger partial charge on any atom is 0.231 e. The van der Waals surface area contributed by atoms with Crippen molar-refractivity contribution in [2.75, 3.05) is 12.9 Å². The molecule has 1 amide bonds. The Labute approximate surface area is 151 Å². The fourth-order valence-corrected chi connectivity index (χ4v) is 2.54. The lowest BCUT2D eigenvalue weighted by atomic mass is 9.90. The van der Waals surface area contributed by atoms with Crippen LogP contribution in [0.3, 0.4) is 0 Å². The molecular weight excluding hydrogens is 338 g/mol. The first-order valence-corrected chi connectivity index (χ1v) is 8.78. The predicted molar refractivity (Wildman–Crippen MR) is 96.1 cm³/mol. The summed E-state index contributed by atoms with van der Waals surface area (Å²) in [7, 11) is 1.61. The van der Waals surface area contributed by atoms with Gasteiger partial charge in [-0.25, -0.2) is 4.98 Å². The van der Waals surface area contributed by atoms with E-state index in [4.69, 9.17) is 4.74 Å². The number of methoxy groups -OCH3 is 1. The van der Waals surface area contributed by atoms with Crippen molar-refractivity contribution in [3.05, 3.63) is 24.3 Å². The summed E-state index contributed by atoms with van der Waals surface area (Å²) < 4.78 is 5.12. The molecule has 1 aromatic carbocycles. The van der Waals surface area contributed by atoms with Gasteiger partial charge in [0.25, 0.3) is 0 Å². The number of thioether (sulfide) groups is 1. The Morgan fingerprint density at radius 2 is 2.12 bits per heavy atom. The van der Waals surface area contributed by atoms with Crippen molar-refractivity contribution < 1.29 is 9.53 Å². The summed E-state index contributed by atoms with van der Waals surface area (Å²) in [5.74, 6) is 1.31. The highest BCUT2D eigenvalue weighted by molar-refractivity contribution is 7.99. The van der Waals surface area contributed by atoms with Gasteiger partial charge in [-0.05, 0) is 37.1 Å². The Morgan fingerprint density at radius 1 is 1.44 bits per heavy atom. The molecule has 7 nitrogen and oxygen atoms in total. The number of nitrogens with one attached hydrogen (secondary N) is 2. The summed E-state index contributed by atoms with van der Waals surface area (Å²) in [4.78, 5) is 16.5. The third-order valence-electron chi connectivity index (χ3n) is 3.95. The normalized spacial score (nSPS) is 13.1. The van der Waals surface area contributed by atoms with Gasteiger partial charge in [0.15, 0.2) is 5.82 Å². The van der Waals surface area contributed by atoms with Gasteiger partial charge in [0.05, 0.1) is 18.9 Å². The van der Waals surface area contributed by atoms with E-state index < -0.39 is 5.54 Å². The van der Waals surface area contributed by atoms with Crippen LogP contribution < -0.4 is 10.1 Å². The highest BCUT2D eigenvalue weighted by Crippen LogP contribution is 2.22. The van der Waals surface area contributed by atoms with Gasteiger partial charge >= 0.3 is 0 Å². The summed E-state index contributed by atoms with van der Waals surface area (Å²) in [6, 6.07) is 9.59. The van der Waals surface area contributed by atoms with Gasteiger partial charge < -0.3 is 10.1 Å². The first kappa shape index (κ1) is 18.8. The zero-order chi connectivity index (χ0) is 18.4. The minimum Gasteiger partial charge on any atom is -0.497 e. The lowest BCUT2D eigenvalue weighted by molar-refractivity contribution is -0.120. The number of benzene rings is 1. The van der Waals surface area contributed by atoms with Crippen molar-refractivity contribution >= 4 is 17.7 Å². The summed E-state index contributed by atoms with van der Waals surface area (Å²) in [5, 5.41) is 19.4. The number of nitriles is 1. The highest BCUT2D eigenvalue weighted by atomic mass is 32.2. The van der Waals surface area contributed by atoms with Gasteiger partial charge in [0.2, 0.25) is 11.1 Å². The molecule has 2 rings (SSSR count). The second kappa shape index (κ2) is 8.03. The van der Waals surface area contributed by atoms with Gasteiger partial charge in [-0.1, -0.05) is 25.6 Å². The smallest absolute Gasteiger partial charge is 0.231 e. The summed E-state index contributed by atoms with van der Waals surface area (Å²) in [6.45, 7) is 5.51. The van der Waals surface area contributed by atoms with Crippen LogP contribution in [0.5, 0.6) is 5.75 Å². The van der Waals surface area contributed by atoms with Gasteiger partial charge in [-0.3, -0.25) is 9.89 Å². The Balaban J connectivity index is 1.95. The summed E-state index contributed by atoms with van der Waals surface area (Å²) in [5.41, 5.74) is -0.00767. The van der Waals surface area contributed by atoms with Crippen LogP contribution in [-0.2, 0) is 4.79 Å². The topological polar surface area (TPSA) is 104 Å². The van der Waals surface area contributed by atoms with Crippen molar-refractivity contribution in [1.82, 2.24) is 20.5 Å². The third-order valence-corrected chi connectivity index (χ3v) is 4.79. The number of hydrogen-bond donors (Lipinski definition) is 2. The Morgan fingerprint density at radius 3 is 2.68 bits per heavy atom. The standard InChI is InChI=1S/C17H21N5O2S/c1-11(2)17(3,10-18)20-14(23)9-25-16-19-15(21-22-16)12-5-7-13(24-4)8-6-12/h5-8,11H,9H2,1-4H3,(H,20,23)(H,19,21,22)/t17-/m0/s1. The number of hydrogen-bond acceptors (Lipinski definition) is 6. The number of aromatic amines is 1. The molecule has 0 saturated carbocycles. The first-order chi connectivity index (χ1) is 11.9. The van der Waals surface area contributed by atoms with Crippen LogP contribution in [0, 0.1) is 17.2 Å². The first-order valence-electron chi connectivity index (χ1n) is 7.80. The van der Waals surface area contributed by atoms with E-state index in [1.54, 1.807) is 14.0 Å². The number of aromatic nitrogens is 3. The number of H-pyrrole nitrogens is 1. The van der Waals surface area contributed by atoms with Crippen LogP contribution in [0.1, 0.15) is 20.8 Å². The lowest BCUT2D eigenvalue weighted by Crippen LogP contribution is -2.49. The number of rotatable bonds is 7. The van der Waals surface area contributed by atoms with E-state index in [0.29, 0.717) is 11.0 Å². The molecule has 0 aliphatic heterocycles. The summed E-state index contributed by atoms with van der Waals surface area (Å²) >= 11 is 1.21.